The number of nitrogens with one attached hydrogen (secondary N) is 1. The second-order valence-corrected chi connectivity index (χ2v) is 8.56. The van der Waals surface area contributed by atoms with E-state index in [1.54, 1.807) is 0 Å². The lowest BCUT2D eigenvalue weighted by Crippen LogP contribution is -2.31. The molecule has 4 heteroatoms. The van der Waals surface area contributed by atoms with E-state index in [0.29, 0.717) is 12.0 Å². The summed E-state index contributed by atoms with van der Waals surface area (Å²) in [4.78, 5) is 7.43. The van der Waals surface area contributed by atoms with Crippen LogP contribution in [0.25, 0.3) is 10.2 Å². The summed E-state index contributed by atoms with van der Waals surface area (Å²) in [5.74, 6) is 1.48. The lowest BCUT2D eigenvalue weighted by molar-refractivity contribution is 0.255. The van der Waals surface area contributed by atoms with Crippen molar-refractivity contribution in [2.75, 3.05) is 26.7 Å². The van der Waals surface area contributed by atoms with Crippen LogP contribution in [0.2, 0.25) is 0 Å². The highest BCUT2D eigenvalue weighted by molar-refractivity contribution is 7.18. The second-order valence-electron chi connectivity index (χ2n) is 7.50. The highest BCUT2D eigenvalue weighted by Gasteiger charge is 2.23. The van der Waals surface area contributed by atoms with Gasteiger partial charge < -0.3 is 10.2 Å². The zero-order valence-electron chi connectivity index (χ0n) is 14.2. The molecule has 4 rings (SSSR count). The lowest BCUT2D eigenvalue weighted by atomic mass is 9.92. The normalized spacial score (nSPS) is 27.6. The van der Waals surface area contributed by atoms with Gasteiger partial charge in [0.05, 0.1) is 15.2 Å². The van der Waals surface area contributed by atoms with E-state index < -0.39 is 0 Å². The van der Waals surface area contributed by atoms with Crippen molar-refractivity contribution in [2.45, 2.75) is 44.6 Å². The van der Waals surface area contributed by atoms with Crippen molar-refractivity contribution in [1.82, 2.24) is 15.2 Å². The molecule has 0 radical (unpaired) electrons. The van der Waals surface area contributed by atoms with Gasteiger partial charge in [0.2, 0.25) is 0 Å². The molecule has 124 valence electrons. The summed E-state index contributed by atoms with van der Waals surface area (Å²) in [7, 11) is 2.22. The summed E-state index contributed by atoms with van der Waals surface area (Å²) >= 11 is 1.91. The van der Waals surface area contributed by atoms with E-state index in [1.165, 1.54) is 59.6 Å². The number of hydrogen-bond acceptors (Lipinski definition) is 4. The third kappa shape index (κ3) is 3.30. The number of nitrogens with zero attached hydrogens (tertiary/aromatic N) is 2. The maximum Gasteiger partial charge on any atom is 0.0970 e. The van der Waals surface area contributed by atoms with Crippen molar-refractivity contribution in [3.63, 3.8) is 0 Å². The molecule has 0 saturated carbocycles. The van der Waals surface area contributed by atoms with Crippen LogP contribution in [0.15, 0.2) is 18.2 Å². The number of thiazole rings is 1. The Bertz CT molecular complexity index is 644. The van der Waals surface area contributed by atoms with Gasteiger partial charge in [-0.25, -0.2) is 4.98 Å². The summed E-state index contributed by atoms with van der Waals surface area (Å²) in [5.41, 5.74) is 2.63. The molecule has 2 aliphatic heterocycles. The van der Waals surface area contributed by atoms with Gasteiger partial charge in [0.25, 0.3) is 0 Å². The Morgan fingerprint density at radius 3 is 2.74 bits per heavy atom. The molecule has 2 aromatic rings. The van der Waals surface area contributed by atoms with E-state index in [2.05, 4.69) is 42.4 Å². The van der Waals surface area contributed by atoms with Gasteiger partial charge in [-0.3, -0.25) is 0 Å². The predicted molar refractivity (Wildman–Crippen MR) is 98.2 cm³/mol. The number of benzene rings is 1. The molecule has 2 aliphatic rings. The molecule has 3 heterocycles. The fourth-order valence-corrected chi connectivity index (χ4v) is 5.01. The number of aromatic nitrogens is 1. The van der Waals surface area contributed by atoms with Crippen LogP contribution in [-0.4, -0.2) is 36.6 Å². The van der Waals surface area contributed by atoms with Crippen LogP contribution in [0.4, 0.5) is 0 Å². The summed E-state index contributed by atoms with van der Waals surface area (Å²) in [6.07, 6.45) is 5.09. The molecule has 1 aromatic carbocycles. The van der Waals surface area contributed by atoms with E-state index in [-0.39, 0.29) is 0 Å². The van der Waals surface area contributed by atoms with E-state index in [9.17, 15) is 0 Å². The van der Waals surface area contributed by atoms with E-state index in [4.69, 9.17) is 4.98 Å². The van der Waals surface area contributed by atoms with Gasteiger partial charge in [0, 0.05) is 12.0 Å². The number of likely N-dealkylation sites (tertiary alicyclic amines) is 1. The first-order valence-corrected chi connectivity index (χ1v) is 9.83. The molecule has 2 atom stereocenters. The second kappa shape index (κ2) is 6.50. The number of hydrogen-bond donors (Lipinski definition) is 1. The van der Waals surface area contributed by atoms with Crippen molar-refractivity contribution in [2.24, 2.45) is 5.92 Å². The van der Waals surface area contributed by atoms with Gasteiger partial charge in [-0.1, -0.05) is 13.0 Å². The molecule has 3 nitrogen and oxygen atoms in total. The van der Waals surface area contributed by atoms with Crippen LogP contribution in [-0.2, 0) is 0 Å². The molecule has 0 aliphatic carbocycles. The topological polar surface area (TPSA) is 28.2 Å². The Morgan fingerprint density at radius 2 is 2.00 bits per heavy atom. The van der Waals surface area contributed by atoms with Gasteiger partial charge in [0.1, 0.15) is 0 Å². The maximum atomic E-state index is 5.00. The zero-order valence-corrected chi connectivity index (χ0v) is 15.0. The number of rotatable bonds is 2. The molecule has 1 aromatic heterocycles. The number of piperidine rings is 2. The number of fused-ring (bicyclic) bond motifs is 1. The Balaban J connectivity index is 1.55. The van der Waals surface area contributed by atoms with Crippen LogP contribution < -0.4 is 5.32 Å². The van der Waals surface area contributed by atoms with Gasteiger partial charge in [-0.05, 0) is 76.0 Å². The summed E-state index contributed by atoms with van der Waals surface area (Å²) in [6, 6.07) is 7.45. The largest absolute Gasteiger partial charge is 0.310 e. The average molecular weight is 330 g/mol. The Hall–Kier alpha value is -0.970. The van der Waals surface area contributed by atoms with Gasteiger partial charge >= 0.3 is 0 Å². The fourth-order valence-electron chi connectivity index (χ4n) is 3.89. The first kappa shape index (κ1) is 15.6. The minimum atomic E-state index is 0.518. The maximum absolute atomic E-state index is 5.00. The average Bonchev–Trinajstić information content (AvgIpc) is 2.99. The van der Waals surface area contributed by atoms with Crippen LogP contribution in [0.5, 0.6) is 0 Å². The molecule has 1 N–H and O–H groups in total. The Labute approximate surface area is 143 Å². The minimum Gasteiger partial charge on any atom is -0.310 e. The van der Waals surface area contributed by atoms with Crippen molar-refractivity contribution >= 4 is 21.6 Å². The van der Waals surface area contributed by atoms with E-state index in [1.807, 2.05) is 11.3 Å². The third-order valence-corrected chi connectivity index (χ3v) is 6.76. The highest BCUT2D eigenvalue weighted by Crippen LogP contribution is 2.35. The first-order valence-electron chi connectivity index (χ1n) is 9.01. The molecule has 2 saturated heterocycles. The molecular weight excluding hydrogens is 302 g/mol. The molecule has 0 amide bonds. The summed E-state index contributed by atoms with van der Waals surface area (Å²) in [5, 5.41) is 5.05. The van der Waals surface area contributed by atoms with Gasteiger partial charge in [-0.2, -0.15) is 0 Å². The fraction of sp³-hybridized carbons (Fsp3) is 0.632. The molecule has 0 bridgehead atoms. The van der Waals surface area contributed by atoms with Crippen molar-refractivity contribution in [1.29, 1.82) is 0 Å². The quantitative estimate of drug-likeness (QED) is 0.896. The lowest BCUT2D eigenvalue weighted by Gasteiger charge is -2.28. The Morgan fingerprint density at radius 1 is 1.17 bits per heavy atom. The van der Waals surface area contributed by atoms with Crippen LogP contribution in [0.3, 0.4) is 0 Å². The van der Waals surface area contributed by atoms with Crippen LogP contribution in [0.1, 0.15) is 55.1 Å². The smallest absolute Gasteiger partial charge is 0.0970 e. The van der Waals surface area contributed by atoms with Gasteiger partial charge in [0.15, 0.2) is 0 Å². The third-order valence-electron chi connectivity index (χ3n) is 5.56. The van der Waals surface area contributed by atoms with Crippen molar-refractivity contribution < 1.29 is 0 Å². The standard InChI is InChI=1S/C19H27N3S/c1-13-3-5-16(20-12-13)15-4-6-18-17(11-15)21-19(23-18)14-7-9-22(2)10-8-14/h4,6,11,13-14,16,20H,3,5,7-10,12H2,1-2H3/t13-,16?/m0/s1. The molecule has 0 spiro atoms. The van der Waals surface area contributed by atoms with E-state index in [0.717, 1.165) is 12.5 Å². The minimum absolute atomic E-state index is 0.518. The molecule has 23 heavy (non-hydrogen) atoms. The van der Waals surface area contributed by atoms with E-state index >= 15 is 0 Å². The zero-order chi connectivity index (χ0) is 15.8. The first-order chi connectivity index (χ1) is 11.2. The molecule has 2 fully saturated rings. The SMILES string of the molecule is C[C@H]1CCC(c2ccc3sc(C4CCN(C)CC4)nc3c2)NC1. The van der Waals surface area contributed by atoms with Crippen LogP contribution in [0, 0.1) is 5.92 Å². The molecule has 1 unspecified atom stereocenters. The molecular formula is C19H27N3S. The summed E-state index contributed by atoms with van der Waals surface area (Å²) < 4.78 is 1.35. The van der Waals surface area contributed by atoms with Crippen molar-refractivity contribution in [3.05, 3.63) is 28.8 Å². The highest BCUT2D eigenvalue weighted by atomic mass is 32.1. The predicted octanol–water partition coefficient (Wildman–Crippen LogP) is 4.17. The monoisotopic (exact) mass is 329 g/mol. The van der Waals surface area contributed by atoms with Crippen LogP contribution >= 0.6 is 11.3 Å². The Kier molecular flexibility index (Phi) is 4.39. The summed E-state index contributed by atoms with van der Waals surface area (Å²) in [6.45, 7) is 5.88. The van der Waals surface area contributed by atoms with Gasteiger partial charge in [-0.15, -0.1) is 11.3 Å². The van der Waals surface area contributed by atoms with Crippen molar-refractivity contribution in [3.8, 4) is 0 Å².